The third-order valence-corrected chi connectivity index (χ3v) is 7.11. The normalized spacial score (nSPS) is 15.5. The second kappa shape index (κ2) is 11.0. The first kappa shape index (κ1) is 27.2. The van der Waals surface area contributed by atoms with Gasteiger partial charge in [-0.3, -0.25) is 9.36 Å². The highest BCUT2D eigenvalue weighted by molar-refractivity contribution is 7.07. The Hall–Kier alpha value is -4.38. The number of carbonyl (C=O) groups excluding carboxylic acids is 1. The summed E-state index contributed by atoms with van der Waals surface area (Å²) in [7, 11) is 0. The van der Waals surface area contributed by atoms with Crippen LogP contribution in [0.15, 0.2) is 92.2 Å². The number of fused-ring (bicyclic) bond motifs is 1. The molecule has 2 aromatic carbocycles. The maximum atomic E-state index is 13.6. The molecule has 0 saturated carbocycles. The van der Waals surface area contributed by atoms with Gasteiger partial charge in [-0.05, 0) is 49.7 Å². The van der Waals surface area contributed by atoms with Gasteiger partial charge in [0, 0.05) is 6.08 Å². The molecule has 0 radical (unpaired) electrons. The van der Waals surface area contributed by atoms with Crippen LogP contribution >= 0.6 is 11.3 Å². The summed E-state index contributed by atoms with van der Waals surface area (Å²) in [5.74, 6) is 0.225. The minimum Gasteiger partial charge on any atom is -0.486 e. The molecule has 0 N–H and O–H groups in total. The van der Waals surface area contributed by atoms with Gasteiger partial charge in [-0.25, -0.2) is 9.79 Å². The molecule has 1 aliphatic heterocycles. The van der Waals surface area contributed by atoms with Crippen LogP contribution in [0.5, 0.6) is 5.75 Å². The molecular weight excluding hydrogens is 545 g/mol. The fraction of sp³-hybridized carbons (Fsp3) is 0.207. The van der Waals surface area contributed by atoms with Crippen LogP contribution in [0.4, 0.5) is 13.2 Å². The van der Waals surface area contributed by atoms with Crippen molar-refractivity contribution in [1.29, 1.82) is 0 Å². The average molecular weight is 569 g/mol. The number of rotatable bonds is 7. The van der Waals surface area contributed by atoms with Gasteiger partial charge in [0.05, 0.1) is 34.0 Å². The van der Waals surface area contributed by atoms with Crippen LogP contribution in [-0.2, 0) is 22.3 Å². The van der Waals surface area contributed by atoms with E-state index in [4.69, 9.17) is 13.9 Å². The smallest absolute Gasteiger partial charge is 0.416 e. The number of furan rings is 1. The molecule has 0 fully saturated rings. The Labute approximate surface area is 230 Å². The van der Waals surface area contributed by atoms with Crippen LogP contribution in [0.2, 0.25) is 0 Å². The summed E-state index contributed by atoms with van der Waals surface area (Å²) in [4.78, 5) is 31.5. The first-order valence-corrected chi connectivity index (χ1v) is 13.1. The van der Waals surface area contributed by atoms with Crippen molar-refractivity contribution in [3.63, 3.8) is 0 Å². The summed E-state index contributed by atoms with van der Waals surface area (Å²) in [6.07, 6.45) is -2.92. The zero-order valence-electron chi connectivity index (χ0n) is 21.4. The Morgan fingerprint density at radius 1 is 1.12 bits per heavy atom. The van der Waals surface area contributed by atoms with Crippen LogP contribution in [-0.4, -0.2) is 17.1 Å². The number of allylic oxidation sites excluding steroid dienone is 1. The minimum absolute atomic E-state index is 0.0507. The number of aromatic nitrogens is 1. The summed E-state index contributed by atoms with van der Waals surface area (Å²) in [5.41, 5.74) is 0.325. The molecule has 4 aromatic rings. The number of hydrogen-bond acceptors (Lipinski definition) is 7. The van der Waals surface area contributed by atoms with E-state index in [0.29, 0.717) is 32.1 Å². The third-order valence-electron chi connectivity index (χ3n) is 6.13. The number of carbonyl (C=O) groups is 1. The first-order chi connectivity index (χ1) is 19.2. The summed E-state index contributed by atoms with van der Waals surface area (Å²) in [6.45, 7) is 3.50. The number of halogens is 3. The van der Waals surface area contributed by atoms with E-state index in [2.05, 4.69) is 4.99 Å². The minimum atomic E-state index is -4.48. The second-order valence-corrected chi connectivity index (χ2v) is 9.84. The number of hydrogen-bond donors (Lipinski definition) is 0. The van der Waals surface area contributed by atoms with Crippen LogP contribution < -0.4 is 19.6 Å². The number of alkyl halides is 3. The lowest BCUT2D eigenvalue weighted by molar-refractivity contribution is -0.139. The van der Waals surface area contributed by atoms with Crippen LogP contribution in [0.1, 0.15) is 42.5 Å². The summed E-state index contributed by atoms with van der Waals surface area (Å²) >= 11 is 1.15. The van der Waals surface area contributed by atoms with Crippen molar-refractivity contribution in [3.05, 3.63) is 120 Å². The van der Waals surface area contributed by atoms with Crippen LogP contribution in [0.3, 0.4) is 0 Å². The van der Waals surface area contributed by atoms with Crippen molar-refractivity contribution in [2.24, 2.45) is 4.99 Å². The second-order valence-electron chi connectivity index (χ2n) is 8.83. The van der Waals surface area contributed by atoms with E-state index < -0.39 is 23.8 Å². The van der Waals surface area contributed by atoms with E-state index in [0.717, 1.165) is 29.0 Å². The fourth-order valence-electron chi connectivity index (χ4n) is 4.34. The molecule has 0 bridgehead atoms. The third kappa shape index (κ3) is 5.50. The van der Waals surface area contributed by atoms with Gasteiger partial charge in [0.25, 0.3) is 5.56 Å². The Kier molecular flexibility index (Phi) is 7.49. The molecule has 1 aliphatic rings. The monoisotopic (exact) mass is 568 g/mol. The molecule has 0 spiro atoms. The Morgan fingerprint density at radius 2 is 1.90 bits per heavy atom. The molecule has 2 aromatic heterocycles. The lowest BCUT2D eigenvalue weighted by Gasteiger charge is -2.24. The zero-order valence-corrected chi connectivity index (χ0v) is 22.2. The number of nitrogens with zero attached hydrogens (tertiary/aromatic N) is 2. The summed E-state index contributed by atoms with van der Waals surface area (Å²) < 4.78 is 57.2. The van der Waals surface area contributed by atoms with Gasteiger partial charge in [0.2, 0.25) is 0 Å². The molecule has 206 valence electrons. The Morgan fingerprint density at radius 3 is 2.62 bits per heavy atom. The lowest BCUT2D eigenvalue weighted by Crippen LogP contribution is -2.39. The highest BCUT2D eigenvalue weighted by atomic mass is 32.1. The summed E-state index contributed by atoms with van der Waals surface area (Å²) in [5, 5.41) is 0. The maximum Gasteiger partial charge on any atom is 0.416 e. The average Bonchev–Trinajstić information content (AvgIpc) is 3.50. The number of thiazole rings is 1. The van der Waals surface area contributed by atoms with E-state index >= 15 is 0 Å². The van der Waals surface area contributed by atoms with Crippen molar-refractivity contribution in [3.8, 4) is 5.75 Å². The topological polar surface area (TPSA) is 83.0 Å². The Bertz CT molecular complexity index is 1770. The quantitative estimate of drug-likeness (QED) is 0.294. The van der Waals surface area contributed by atoms with Gasteiger partial charge in [-0.1, -0.05) is 47.7 Å². The van der Waals surface area contributed by atoms with Crippen molar-refractivity contribution in [2.75, 3.05) is 6.61 Å². The molecule has 11 heteroatoms. The highest BCUT2D eigenvalue weighted by Gasteiger charge is 2.33. The van der Waals surface area contributed by atoms with Gasteiger partial charge >= 0.3 is 12.1 Å². The molecule has 1 atom stereocenters. The zero-order chi connectivity index (χ0) is 28.4. The fourth-order valence-corrected chi connectivity index (χ4v) is 5.36. The van der Waals surface area contributed by atoms with Crippen molar-refractivity contribution < 1.29 is 31.9 Å². The highest BCUT2D eigenvalue weighted by Crippen LogP contribution is 2.32. The lowest BCUT2D eigenvalue weighted by atomic mass is 9.96. The maximum absolute atomic E-state index is 13.6. The predicted molar refractivity (Wildman–Crippen MR) is 141 cm³/mol. The molecule has 3 heterocycles. The van der Waals surface area contributed by atoms with Gasteiger partial charge < -0.3 is 13.9 Å². The van der Waals surface area contributed by atoms with Gasteiger partial charge in [-0.2, -0.15) is 13.2 Å². The van der Waals surface area contributed by atoms with E-state index in [1.54, 1.807) is 32.1 Å². The molecule has 40 heavy (non-hydrogen) atoms. The van der Waals surface area contributed by atoms with Crippen molar-refractivity contribution in [2.45, 2.75) is 32.7 Å². The molecule has 5 rings (SSSR count). The number of ether oxygens (including phenoxy) is 2. The van der Waals surface area contributed by atoms with E-state index in [-0.39, 0.29) is 24.5 Å². The molecule has 0 saturated heterocycles. The van der Waals surface area contributed by atoms with Gasteiger partial charge in [0.15, 0.2) is 4.80 Å². The molecule has 0 amide bonds. The SMILES string of the molecule is CCOC(=O)C1=C(C)N=c2sc(=Cc3ccc(COc4cccc(C(F)(F)F)c4)o3)c(=O)n2[C@H]1c1ccccc1. The standard InChI is InChI=1S/C29H23F3N2O5S/c1-3-37-27(36)24-17(2)33-28-34(25(24)18-8-5-4-6-9-18)26(35)23(40-28)15-21-12-13-22(39-21)16-38-20-11-7-10-19(14-20)29(30,31)32/h4-15,25H,3,16H2,1-2H3/t25-/m0/s1. The van der Waals surface area contributed by atoms with Crippen molar-refractivity contribution in [1.82, 2.24) is 4.57 Å². The number of esters is 1. The summed E-state index contributed by atoms with van der Waals surface area (Å²) in [6, 6.07) is 16.3. The van der Waals surface area contributed by atoms with Crippen LogP contribution in [0, 0.1) is 0 Å². The molecule has 7 nitrogen and oxygen atoms in total. The largest absolute Gasteiger partial charge is 0.486 e. The predicted octanol–water partition coefficient (Wildman–Crippen LogP) is 4.99. The van der Waals surface area contributed by atoms with Crippen molar-refractivity contribution >= 4 is 23.4 Å². The van der Waals surface area contributed by atoms with E-state index in [9.17, 15) is 22.8 Å². The number of benzene rings is 2. The molecule has 0 aliphatic carbocycles. The van der Waals surface area contributed by atoms with E-state index in [1.165, 1.54) is 16.7 Å². The molecule has 0 unspecified atom stereocenters. The van der Waals surface area contributed by atoms with Gasteiger partial charge in [-0.15, -0.1) is 0 Å². The van der Waals surface area contributed by atoms with E-state index in [1.807, 2.05) is 30.3 Å². The van der Waals surface area contributed by atoms with Crippen LogP contribution in [0.25, 0.3) is 6.08 Å². The van der Waals surface area contributed by atoms with Gasteiger partial charge in [0.1, 0.15) is 23.9 Å². The first-order valence-electron chi connectivity index (χ1n) is 12.3. The molecular formula is C29H23F3N2O5S. The Balaban J connectivity index is 1.46.